The van der Waals surface area contributed by atoms with Crippen LogP contribution in [-0.4, -0.2) is 33.4 Å². The summed E-state index contributed by atoms with van der Waals surface area (Å²) in [6.45, 7) is 1.56. The zero-order valence-electron chi connectivity index (χ0n) is 6.56. The van der Waals surface area contributed by atoms with E-state index in [2.05, 4.69) is 15.5 Å². The molecule has 0 spiro atoms. The highest BCUT2D eigenvalue weighted by molar-refractivity contribution is 7.71. The molecule has 2 heterocycles. The summed E-state index contributed by atoms with van der Waals surface area (Å²) in [5.74, 6) is 0. The molecule has 1 N–H and O–H groups in total. The SMILES string of the molecule is S=c1nn[nH]n1C1CCCOC1. The third kappa shape index (κ3) is 1.39. The van der Waals surface area contributed by atoms with Crippen LogP contribution in [0.2, 0.25) is 0 Å². The van der Waals surface area contributed by atoms with Crippen molar-refractivity contribution in [1.29, 1.82) is 0 Å². The lowest BCUT2D eigenvalue weighted by molar-refractivity contribution is 0.0537. The number of hydrogen-bond donors (Lipinski definition) is 1. The Balaban J connectivity index is 2.18. The van der Waals surface area contributed by atoms with E-state index in [0.29, 0.717) is 17.4 Å². The van der Waals surface area contributed by atoms with Crippen molar-refractivity contribution in [2.24, 2.45) is 0 Å². The van der Waals surface area contributed by atoms with Gasteiger partial charge in [0.15, 0.2) is 0 Å². The fourth-order valence-corrected chi connectivity index (χ4v) is 1.60. The van der Waals surface area contributed by atoms with Crippen molar-refractivity contribution >= 4 is 12.2 Å². The van der Waals surface area contributed by atoms with Crippen molar-refractivity contribution in [3.05, 3.63) is 4.77 Å². The minimum atomic E-state index is 0.293. The van der Waals surface area contributed by atoms with Gasteiger partial charge in [-0.25, -0.2) is 4.68 Å². The van der Waals surface area contributed by atoms with Gasteiger partial charge in [-0.3, -0.25) is 0 Å². The third-order valence-electron chi connectivity index (χ3n) is 2.00. The van der Waals surface area contributed by atoms with Crippen LogP contribution in [0.3, 0.4) is 0 Å². The number of nitrogens with one attached hydrogen (secondary N) is 1. The highest BCUT2D eigenvalue weighted by Gasteiger charge is 2.16. The molecule has 1 atom stereocenters. The lowest BCUT2D eigenvalue weighted by atomic mass is 10.1. The van der Waals surface area contributed by atoms with Gasteiger partial charge in [0.2, 0.25) is 4.77 Å². The summed E-state index contributed by atoms with van der Waals surface area (Å²) in [6, 6.07) is 0.293. The smallest absolute Gasteiger partial charge is 0.238 e. The minimum absolute atomic E-state index is 0.293. The zero-order valence-corrected chi connectivity index (χ0v) is 7.38. The average molecular weight is 186 g/mol. The topological polar surface area (TPSA) is 55.7 Å². The molecular weight excluding hydrogens is 176 g/mol. The lowest BCUT2D eigenvalue weighted by Gasteiger charge is -2.21. The van der Waals surface area contributed by atoms with E-state index in [1.54, 1.807) is 4.68 Å². The van der Waals surface area contributed by atoms with Crippen molar-refractivity contribution in [1.82, 2.24) is 20.2 Å². The van der Waals surface area contributed by atoms with Crippen LogP contribution in [0, 0.1) is 4.77 Å². The number of H-pyrrole nitrogens is 1. The van der Waals surface area contributed by atoms with Gasteiger partial charge in [-0.1, -0.05) is 10.3 Å². The predicted octanol–water partition coefficient (Wildman–Crippen LogP) is 0.687. The van der Waals surface area contributed by atoms with Crippen LogP contribution in [0.4, 0.5) is 0 Å². The molecule has 0 aliphatic carbocycles. The summed E-state index contributed by atoms with van der Waals surface area (Å²) < 4.78 is 7.61. The van der Waals surface area contributed by atoms with E-state index in [9.17, 15) is 0 Å². The molecule has 1 unspecified atom stereocenters. The van der Waals surface area contributed by atoms with E-state index >= 15 is 0 Å². The van der Waals surface area contributed by atoms with Crippen molar-refractivity contribution < 1.29 is 4.74 Å². The van der Waals surface area contributed by atoms with E-state index in [4.69, 9.17) is 17.0 Å². The molecule has 0 aromatic carbocycles. The van der Waals surface area contributed by atoms with E-state index < -0.39 is 0 Å². The molecule has 12 heavy (non-hydrogen) atoms. The quantitative estimate of drug-likeness (QED) is 0.655. The molecule has 0 radical (unpaired) electrons. The Hall–Kier alpha value is -0.750. The number of hydrogen-bond acceptors (Lipinski definition) is 4. The Labute approximate surface area is 74.7 Å². The van der Waals surface area contributed by atoms with Gasteiger partial charge in [0.05, 0.1) is 12.6 Å². The largest absolute Gasteiger partial charge is 0.379 e. The molecule has 66 valence electrons. The first-order chi connectivity index (χ1) is 5.88. The molecule has 5 nitrogen and oxygen atoms in total. The maximum absolute atomic E-state index is 5.32. The lowest BCUT2D eigenvalue weighted by Crippen LogP contribution is -2.22. The summed E-state index contributed by atoms with van der Waals surface area (Å²) in [4.78, 5) is 0. The fraction of sp³-hybridized carbons (Fsp3) is 0.833. The molecule has 1 saturated heterocycles. The van der Waals surface area contributed by atoms with Crippen LogP contribution >= 0.6 is 12.2 Å². The second kappa shape index (κ2) is 3.32. The van der Waals surface area contributed by atoms with Crippen molar-refractivity contribution in [3.63, 3.8) is 0 Å². The molecule has 1 fully saturated rings. The van der Waals surface area contributed by atoms with Gasteiger partial charge in [0.25, 0.3) is 0 Å². The Morgan fingerprint density at radius 2 is 2.58 bits per heavy atom. The maximum atomic E-state index is 5.32. The number of aromatic nitrogens is 4. The van der Waals surface area contributed by atoms with Gasteiger partial charge in [-0.15, -0.1) is 0 Å². The maximum Gasteiger partial charge on any atom is 0.238 e. The molecule has 2 rings (SSSR count). The van der Waals surface area contributed by atoms with E-state index in [0.717, 1.165) is 19.4 Å². The molecule has 1 aliphatic heterocycles. The van der Waals surface area contributed by atoms with Gasteiger partial charge in [0, 0.05) is 6.61 Å². The van der Waals surface area contributed by atoms with Gasteiger partial charge in [-0.05, 0) is 25.1 Å². The fourth-order valence-electron chi connectivity index (χ4n) is 1.37. The number of rotatable bonds is 1. The van der Waals surface area contributed by atoms with Gasteiger partial charge >= 0.3 is 0 Å². The molecule has 1 aromatic rings. The van der Waals surface area contributed by atoms with E-state index in [1.165, 1.54) is 0 Å². The first-order valence-corrected chi connectivity index (χ1v) is 4.36. The Morgan fingerprint density at radius 3 is 3.17 bits per heavy atom. The molecule has 0 amide bonds. The summed E-state index contributed by atoms with van der Waals surface area (Å²) >= 11 is 4.97. The normalized spacial score (nSPS) is 24.2. The van der Waals surface area contributed by atoms with Crippen LogP contribution in [0.25, 0.3) is 0 Å². The van der Waals surface area contributed by atoms with E-state index in [-0.39, 0.29) is 0 Å². The summed E-state index contributed by atoms with van der Waals surface area (Å²) in [7, 11) is 0. The molecule has 6 heteroatoms. The minimum Gasteiger partial charge on any atom is -0.379 e. The second-order valence-electron chi connectivity index (χ2n) is 2.82. The monoisotopic (exact) mass is 186 g/mol. The highest BCUT2D eigenvalue weighted by atomic mass is 32.1. The standard InChI is InChI=1S/C6H10N4OS/c12-6-7-8-9-10(6)5-2-1-3-11-4-5/h5H,1-4H2,(H,7,9,12). The van der Waals surface area contributed by atoms with Crippen molar-refractivity contribution in [3.8, 4) is 0 Å². The van der Waals surface area contributed by atoms with Crippen molar-refractivity contribution in [2.45, 2.75) is 18.9 Å². The molecule has 0 saturated carbocycles. The van der Waals surface area contributed by atoms with Crippen molar-refractivity contribution in [2.75, 3.05) is 13.2 Å². The second-order valence-corrected chi connectivity index (χ2v) is 3.19. The predicted molar refractivity (Wildman–Crippen MR) is 44.3 cm³/mol. The van der Waals surface area contributed by atoms with Gasteiger partial charge in [0.1, 0.15) is 0 Å². The summed E-state index contributed by atoms with van der Waals surface area (Å²) in [6.07, 6.45) is 2.16. The van der Waals surface area contributed by atoms with Crippen LogP contribution in [0.1, 0.15) is 18.9 Å². The number of aromatic amines is 1. The van der Waals surface area contributed by atoms with Crippen LogP contribution in [-0.2, 0) is 4.74 Å². The Bertz CT molecular complexity index is 300. The molecule has 1 aliphatic rings. The zero-order chi connectivity index (χ0) is 8.39. The molecule has 1 aromatic heterocycles. The number of nitrogens with zero attached hydrogens (tertiary/aromatic N) is 3. The van der Waals surface area contributed by atoms with Crippen LogP contribution < -0.4 is 0 Å². The Morgan fingerprint density at radius 1 is 1.67 bits per heavy atom. The number of ether oxygens (including phenoxy) is 1. The van der Waals surface area contributed by atoms with Crippen LogP contribution in [0.5, 0.6) is 0 Å². The highest BCUT2D eigenvalue weighted by Crippen LogP contribution is 2.17. The third-order valence-corrected chi connectivity index (χ3v) is 2.27. The Kier molecular flexibility index (Phi) is 2.18. The first kappa shape index (κ1) is 7.88. The van der Waals surface area contributed by atoms with E-state index in [1.807, 2.05) is 0 Å². The summed E-state index contributed by atoms with van der Waals surface area (Å²) in [5, 5.41) is 10.1. The summed E-state index contributed by atoms with van der Waals surface area (Å²) in [5.41, 5.74) is 0. The number of tetrazole rings is 1. The molecular formula is C6H10N4OS. The molecule has 0 bridgehead atoms. The first-order valence-electron chi connectivity index (χ1n) is 3.95. The van der Waals surface area contributed by atoms with Crippen LogP contribution in [0.15, 0.2) is 0 Å². The average Bonchev–Trinajstić information content (AvgIpc) is 2.53. The van der Waals surface area contributed by atoms with Gasteiger partial charge < -0.3 is 4.74 Å². The van der Waals surface area contributed by atoms with Gasteiger partial charge in [-0.2, -0.15) is 5.21 Å².